The lowest BCUT2D eigenvalue weighted by Gasteiger charge is -2.17. The van der Waals surface area contributed by atoms with E-state index in [0.29, 0.717) is 12.0 Å². The van der Waals surface area contributed by atoms with Gasteiger partial charge in [-0.05, 0) is 37.9 Å². The van der Waals surface area contributed by atoms with Gasteiger partial charge >= 0.3 is 0 Å². The normalized spacial score (nSPS) is 27.2. The molecule has 2 saturated heterocycles. The highest BCUT2D eigenvalue weighted by Crippen LogP contribution is 2.25. The molecule has 1 aromatic carbocycles. The molecule has 1 amide bonds. The molecule has 3 rings (SSSR count). The maximum atomic E-state index is 12.3. The van der Waals surface area contributed by atoms with Crippen molar-refractivity contribution in [1.29, 1.82) is 0 Å². The Bertz CT molecular complexity index is 414. The molecule has 3 nitrogen and oxygen atoms in total. The third-order valence-corrected chi connectivity index (χ3v) is 3.95. The Kier molecular flexibility index (Phi) is 2.63. The highest BCUT2D eigenvalue weighted by molar-refractivity contribution is 5.94. The second-order valence-corrected chi connectivity index (χ2v) is 5.19. The van der Waals surface area contributed by atoms with Gasteiger partial charge in [-0.25, -0.2) is 0 Å². The van der Waals surface area contributed by atoms with Crippen molar-refractivity contribution in [2.24, 2.45) is 5.92 Å². The van der Waals surface area contributed by atoms with E-state index in [-0.39, 0.29) is 5.91 Å². The van der Waals surface area contributed by atoms with E-state index in [4.69, 9.17) is 0 Å². The molecule has 0 aliphatic carbocycles. The first-order chi connectivity index (χ1) is 8.24. The predicted octanol–water partition coefficient (Wildman–Crippen LogP) is 1.43. The van der Waals surface area contributed by atoms with Crippen molar-refractivity contribution in [2.75, 3.05) is 19.6 Å². The maximum Gasteiger partial charge on any atom is 0.253 e. The molecule has 2 atom stereocenters. The second kappa shape index (κ2) is 4.15. The summed E-state index contributed by atoms with van der Waals surface area (Å²) in [7, 11) is 0. The lowest BCUT2D eigenvalue weighted by Crippen LogP contribution is -2.33. The molecule has 0 spiro atoms. The number of benzene rings is 1. The molecule has 2 aliphatic rings. The molecular formula is C14H18N2O. The van der Waals surface area contributed by atoms with Crippen LogP contribution in [-0.2, 0) is 0 Å². The molecule has 2 aliphatic heterocycles. The molecule has 0 unspecified atom stereocenters. The van der Waals surface area contributed by atoms with Crippen LogP contribution in [0.3, 0.4) is 0 Å². The second-order valence-electron chi connectivity index (χ2n) is 5.19. The Balaban J connectivity index is 1.73. The minimum Gasteiger partial charge on any atom is -0.337 e. The van der Waals surface area contributed by atoms with Gasteiger partial charge in [0, 0.05) is 24.7 Å². The first-order valence-corrected chi connectivity index (χ1v) is 6.33. The van der Waals surface area contributed by atoms with Crippen LogP contribution in [0.1, 0.15) is 22.3 Å². The minimum atomic E-state index is 0.182. The molecule has 3 heteroatoms. The number of hydrogen-bond acceptors (Lipinski definition) is 2. The van der Waals surface area contributed by atoms with Gasteiger partial charge in [0.15, 0.2) is 0 Å². The van der Waals surface area contributed by atoms with Crippen LogP contribution in [0.25, 0.3) is 0 Å². The highest BCUT2D eigenvalue weighted by Gasteiger charge is 2.37. The van der Waals surface area contributed by atoms with E-state index in [9.17, 15) is 4.79 Å². The van der Waals surface area contributed by atoms with Gasteiger partial charge in [-0.2, -0.15) is 0 Å². The van der Waals surface area contributed by atoms with E-state index < -0.39 is 0 Å². The summed E-state index contributed by atoms with van der Waals surface area (Å²) in [5.74, 6) is 0.852. The monoisotopic (exact) mass is 230 g/mol. The number of nitrogens with zero attached hydrogens (tertiary/aromatic N) is 1. The van der Waals surface area contributed by atoms with Crippen molar-refractivity contribution in [1.82, 2.24) is 10.2 Å². The van der Waals surface area contributed by atoms with Gasteiger partial charge in [0.25, 0.3) is 5.91 Å². The van der Waals surface area contributed by atoms with Gasteiger partial charge in [0.05, 0.1) is 0 Å². The molecule has 17 heavy (non-hydrogen) atoms. The summed E-state index contributed by atoms with van der Waals surface area (Å²) in [6, 6.07) is 8.40. The smallest absolute Gasteiger partial charge is 0.253 e. The van der Waals surface area contributed by atoms with E-state index in [1.165, 1.54) is 12.0 Å². The van der Waals surface area contributed by atoms with Crippen molar-refractivity contribution in [2.45, 2.75) is 19.4 Å². The fourth-order valence-corrected chi connectivity index (χ4v) is 2.89. The summed E-state index contributed by atoms with van der Waals surface area (Å²) in [5.41, 5.74) is 2.01. The van der Waals surface area contributed by atoms with Gasteiger partial charge < -0.3 is 10.2 Å². The number of aryl methyl sites for hydroxylation is 1. The van der Waals surface area contributed by atoms with Crippen LogP contribution in [0, 0.1) is 12.8 Å². The zero-order valence-electron chi connectivity index (χ0n) is 10.1. The Hall–Kier alpha value is -1.35. The summed E-state index contributed by atoms with van der Waals surface area (Å²) in [6.07, 6.45) is 1.21. The number of hydrogen-bond donors (Lipinski definition) is 1. The zero-order valence-corrected chi connectivity index (χ0v) is 10.1. The third-order valence-electron chi connectivity index (χ3n) is 3.95. The minimum absolute atomic E-state index is 0.182. The predicted molar refractivity (Wildman–Crippen MR) is 67.0 cm³/mol. The van der Waals surface area contributed by atoms with Crippen LogP contribution in [0.2, 0.25) is 0 Å². The van der Waals surface area contributed by atoms with Crippen LogP contribution in [-0.4, -0.2) is 36.5 Å². The van der Waals surface area contributed by atoms with Crippen LogP contribution in [0.5, 0.6) is 0 Å². The fraction of sp³-hybridized carbons (Fsp3) is 0.500. The standard InChI is InChI=1S/C14H18N2O/c1-10-2-4-11(5-3-10)14(17)16-8-12-6-7-15-13(12)9-16/h2-5,12-13,15H,6-9H2,1H3/t12-,13+/m0/s1. The summed E-state index contributed by atoms with van der Waals surface area (Å²) in [4.78, 5) is 14.3. The fourth-order valence-electron chi connectivity index (χ4n) is 2.89. The van der Waals surface area contributed by atoms with Crippen molar-refractivity contribution >= 4 is 5.91 Å². The molecular weight excluding hydrogens is 212 g/mol. The Morgan fingerprint density at radius 3 is 2.76 bits per heavy atom. The number of nitrogens with one attached hydrogen (secondary N) is 1. The summed E-state index contributed by atoms with van der Waals surface area (Å²) < 4.78 is 0. The van der Waals surface area contributed by atoms with Gasteiger partial charge in [-0.3, -0.25) is 4.79 Å². The van der Waals surface area contributed by atoms with Gasteiger partial charge in [0.2, 0.25) is 0 Å². The third kappa shape index (κ3) is 1.95. The lowest BCUT2D eigenvalue weighted by atomic mass is 10.1. The molecule has 0 saturated carbocycles. The summed E-state index contributed by atoms with van der Waals surface area (Å²) >= 11 is 0. The van der Waals surface area contributed by atoms with Crippen LogP contribution in [0.15, 0.2) is 24.3 Å². The van der Waals surface area contributed by atoms with Gasteiger partial charge in [0.1, 0.15) is 0 Å². The SMILES string of the molecule is Cc1ccc(C(=O)N2C[C@@H]3CCN[C@@H]3C2)cc1. The molecule has 1 aromatic rings. The first kappa shape index (κ1) is 10.8. The van der Waals surface area contributed by atoms with E-state index in [1.807, 2.05) is 36.1 Å². The maximum absolute atomic E-state index is 12.3. The zero-order chi connectivity index (χ0) is 11.8. The highest BCUT2D eigenvalue weighted by atomic mass is 16.2. The van der Waals surface area contributed by atoms with Gasteiger partial charge in [-0.1, -0.05) is 17.7 Å². The van der Waals surface area contributed by atoms with Crippen molar-refractivity contribution in [3.05, 3.63) is 35.4 Å². The van der Waals surface area contributed by atoms with E-state index >= 15 is 0 Å². The Labute approximate surface area is 102 Å². The molecule has 2 fully saturated rings. The summed E-state index contributed by atoms with van der Waals surface area (Å²) in [6.45, 7) is 4.95. The number of likely N-dealkylation sites (tertiary alicyclic amines) is 1. The van der Waals surface area contributed by atoms with E-state index in [0.717, 1.165) is 25.2 Å². The van der Waals surface area contributed by atoms with Crippen LogP contribution >= 0.6 is 0 Å². The average Bonchev–Trinajstić information content (AvgIpc) is 2.89. The molecule has 90 valence electrons. The number of carbonyl (C=O) groups is 1. The van der Waals surface area contributed by atoms with Crippen LogP contribution < -0.4 is 5.32 Å². The molecule has 0 bridgehead atoms. The van der Waals surface area contributed by atoms with Crippen molar-refractivity contribution in [3.63, 3.8) is 0 Å². The average molecular weight is 230 g/mol. The van der Waals surface area contributed by atoms with E-state index in [1.54, 1.807) is 0 Å². The Morgan fingerprint density at radius 1 is 1.29 bits per heavy atom. The van der Waals surface area contributed by atoms with Gasteiger partial charge in [-0.15, -0.1) is 0 Å². The largest absolute Gasteiger partial charge is 0.337 e. The number of carbonyl (C=O) groups excluding carboxylic acids is 1. The summed E-state index contributed by atoms with van der Waals surface area (Å²) in [5, 5.41) is 3.47. The van der Waals surface area contributed by atoms with Crippen molar-refractivity contribution in [3.8, 4) is 0 Å². The Morgan fingerprint density at radius 2 is 2.06 bits per heavy atom. The lowest BCUT2D eigenvalue weighted by molar-refractivity contribution is 0.0782. The molecule has 0 aromatic heterocycles. The number of fused-ring (bicyclic) bond motifs is 1. The van der Waals surface area contributed by atoms with Crippen molar-refractivity contribution < 1.29 is 4.79 Å². The number of amides is 1. The van der Waals surface area contributed by atoms with Crippen LogP contribution in [0.4, 0.5) is 0 Å². The topological polar surface area (TPSA) is 32.3 Å². The molecule has 0 radical (unpaired) electrons. The first-order valence-electron chi connectivity index (χ1n) is 6.33. The quantitative estimate of drug-likeness (QED) is 0.791. The molecule has 1 N–H and O–H groups in total. The molecule has 2 heterocycles. The van der Waals surface area contributed by atoms with E-state index in [2.05, 4.69) is 5.32 Å². The number of rotatable bonds is 1.